The maximum Gasteiger partial charge on any atom is 0.216 e. The van der Waals surface area contributed by atoms with E-state index in [1.165, 1.54) is 6.42 Å². The van der Waals surface area contributed by atoms with Crippen LogP contribution in [-0.2, 0) is 6.54 Å². The lowest BCUT2D eigenvalue weighted by molar-refractivity contribution is 0.473. The minimum absolute atomic E-state index is 0.528. The fourth-order valence-corrected chi connectivity index (χ4v) is 2.73. The number of rotatable bonds is 3. The molecular formula is C12H19N3OS. The molecule has 1 aromatic heterocycles. The van der Waals surface area contributed by atoms with Crippen molar-refractivity contribution in [3.05, 3.63) is 17.3 Å². The molecule has 94 valence electrons. The molecular weight excluding hydrogens is 234 g/mol. The van der Waals surface area contributed by atoms with E-state index < -0.39 is 0 Å². The molecule has 0 radical (unpaired) electrons. The molecule has 1 unspecified atom stereocenters. The van der Waals surface area contributed by atoms with Crippen molar-refractivity contribution in [3.63, 3.8) is 0 Å². The average molecular weight is 253 g/mol. The number of oxazole rings is 1. The number of aryl methyl sites for hydroxylation is 2. The van der Waals surface area contributed by atoms with E-state index in [4.69, 9.17) is 4.42 Å². The lowest BCUT2D eigenvalue weighted by atomic mass is 10.2. The fraction of sp³-hybridized carbons (Fsp3) is 0.667. The van der Waals surface area contributed by atoms with Crippen LogP contribution in [0.25, 0.3) is 0 Å². The van der Waals surface area contributed by atoms with Crippen molar-refractivity contribution in [3.8, 4) is 0 Å². The number of amidine groups is 1. The summed E-state index contributed by atoms with van der Waals surface area (Å²) in [5, 5.41) is 4.46. The van der Waals surface area contributed by atoms with Crippen LogP contribution in [0.2, 0.25) is 0 Å². The van der Waals surface area contributed by atoms with Crippen molar-refractivity contribution in [2.45, 2.75) is 46.2 Å². The van der Waals surface area contributed by atoms with Crippen molar-refractivity contribution in [2.24, 2.45) is 4.99 Å². The van der Waals surface area contributed by atoms with E-state index in [-0.39, 0.29) is 0 Å². The third-order valence-corrected chi connectivity index (χ3v) is 3.92. The zero-order valence-electron chi connectivity index (χ0n) is 10.6. The van der Waals surface area contributed by atoms with Gasteiger partial charge in [-0.1, -0.05) is 18.7 Å². The second-order valence-electron chi connectivity index (χ2n) is 4.26. The van der Waals surface area contributed by atoms with Crippen molar-refractivity contribution in [1.82, 2.24) is 10.3 Å². The maximum atomic E-state index is 5.50. The molecule has 1 aromatic rings. The van der Waals surface area contributed by atoms with Gasteiger partial charge in [0.2, 0.25) is 5.89 Å². The van der Waals surface area contributed by atoms with Crippen molar-refractivity contribution in [2.75, 3.05) is 5.75 Å². The van der Waals surface area contributed by atoms with E-state index in [0.29, 0.717) is 18.5 Å². The number of hydrogen-bond donors (Lipinski definition) is 1. The quantitative estimate of drug-likeness (QED) is 0.899. The summed E-state index contributed by atoms with van der Waals surface area (Å²) in [5.74, 6) is 2.73. The van der Waals surface area contributed by atoms with E-state index in [1.807, 2.05) is 13.8 Å². The van der Waals surface area contributed by atoms with Gasteiger partial charge in [0.1, 0.15) is 12.3 Å². The van der Waals surface area contributed by atoms with Crippen LogP contribution in [0.1, 0.15) is 37.1 Å². The molecule has 1 N–H and O–H groups in total. The zero-order chi connectivity index (χ0) is 12.3. The van der Waals surface area contributed by atoms with Gasteiger partial charge in [0.15, 0.2) is 5.17 Å². The molecule has 17 heavy (non-hydrogen) atoms. The molecule has 0 spiro atoms. The number of aliphatic imine (C=N–C) groups is 1. The van der Waals surface area contributed by atoms with Gasteiger partial charge < -0.3 is 9.73 Å². The van der Waals surface area contributed by atoms with Crippen LogP contribution in [-0.4, -0.2) is 21.9 Å². The third kappa shape index (κ3) is 3.25. The highest BCUT2D eigenvalue weighted by Gasteiger charge is 2.15. The van der Waals surface area contributed by atoms with E-state index in [9.17, 15) is 0 Å². The smallest absolute Gasteiger partial charge is 0.216 e. The molecule has 1 aliphatic rings. The lowest BCUT2D eigenvalue weighted by Gasteiger charge is -2.23. The molecule has 4 nitrogen and oxygen atoms in total. The first-order valence-electron chi connectivity index (χ1n) is 6.05. The second kappa shape index (κ2) is 5.58. The number of thioether (sulfide) groups is 1. The number of nitrogens with zero attached hydrogens (tertiary/aromatic N) is 2. The number of nitrogens with one attached hydrogen (secondary N) is 1. The Kier molecular flexibility index (Phi) is 4.10. The molecule has 1 aliphatic heterocycles. The lowest BCUT2D eigenvalue weighted by Crippen LogP contribution is -2.37. The summed E-state index contributed by atoms with van der Waals surface area (Å²) >= 11 is 1.78. The van der Waals surface area contributed by atoms with Crippen LogP contribution in [0.15, 0.2) is 9.41 Å². The highest BCUT2D eigenvalue weighted by atomic mass is 32.2. The van der Waals surface area contributed by atoms with Gasteiger partial charge >= 0.3 is 0 Å². The van der Waals surface area contributed by atoms with Gasteiger partial charge in [0.25, 0.3) is 0 Å². The minimum atomic E-state index is 0.528. The van der Waals surface area contributed by atoms with Gasteiger partial charge in [0, 0.05) is 11.8 Å². The van der Waals surface area contributed by atoms with Crippen molar-refractivity contribution >= 4 is 16.9 Å². The first-order chi connectivity index (χ1) is 8.19. The van der Waals surface area contributed by atoms with Gasteiger partial charge in [-0.3, -0.25) is 4.99 Å². The summed E-state index contributed by atoms with van der Waals surface area (Å²) in [6.45, 7) is 6.61. The normalized spacial score (nSPS) is 22.8. The van der Waals surface area contributed by atoms with Crippen molar-refractivity contribution in [1.29, 1.82) is 0 Å². The van der Waals surface area contributed by atoms with Crippen LogP contribution in [0.3, 0.4) is 0 Å². The first kappa shape index (κ1) is 12.5. The van der Waals surface area contributed by atoms with Crippen LogP contribution in [0.4, 0.5) is 0 Å². The van der Waals surface area contributed by atoms with Gasteiger partial charge in [0.05, 0.1) is 5.69 Å². The molecule has 1 atom stereocenters. The molecule has 0 saturated carbocycles. The maximum absolute atomic E-state index is 5.50. The van der Waals surface area contributed by atoms with Crippen LogP contribution < -0.4 is 5.32 Å². The third-order valence-electron chi connectivity index (χ3n) is 2.96. The predicted octanol–water partition coefficient (Wildman–Crippen LogP) is 2.65. The Morgan fingerprint density at radius 3 is 3.00 bits per heavy atom. The summed E-state index contributed by atoms with van der Waals surface area (Å²) in [5.41, 5.74) is 0.955. The van der Waals surface area contributed by atoms with E-state index in [0.717, 1.165) is 28.8 Å². The minimum Gasteiger partial charge on any atom is -0.444 e. The Hall–Kier alpha value is -0.970. The highest BCUT2D eigenvalue weighted by Crippen LogP contribution is 2.16. The van der Waals surface area contributed by atoms with Gasteiger partial charge in [-0.15, -0.1) is 0 Å². The molecule has 0 aromatic carbocycles. The van der Waals surface area contributed by atoms with E-state index >= 15 is 0 Å². The summed E-state index contributed by atoms with van der Waals surface area (Å²) in [4.78, 5) is 8.84. The summed E-state index contributed by atoms with van der Waals surface area (Å²) in [6, 6.07) is 0.572. The second-order valence-corrected chi connectivity index (χ2v) is 5.34. The summed E-state index contributed by atoms with van der Waals surface area (Å²) in [7, 11) is 0. The Morgan fingerprint density at radius 2 is 2.35 bits per heavy atom. The van der Waals surface area contributed by atoms with Crippen LogP contribution in [0.5, 0.6) is 0 Å². The van der Waals surface area contributed by atoms with E-state index in [2.05, 4.69) is 22.2 Å². The Labute approximate surface area is 106 Å². The zero-order valence-corrected chi connectivity index (χ0v) is 11.4. The molecule has 1 fully saturated rings. The van der Waals surface area contributed by atoms with E-state index in [1.54, 1.807) is 11.8 Å². The van der Waals surface area contributed by atoms with Crippen LogP contribution in [0, 0.1) is 13.8 Å². The van der Waals surface area contributed by atoms with Gasteiger partial charge in [-0.25, -0.2) is 4.98 Å². The first-order valence-corrected chi connectivity index (χ1v) is 7.04. The Morgan fingerprint density at radius 1 is 1.53 bits per heavy atom. The van der Waals surface area contributed by atoms with Gasteiger partial charge in [-0.05, 0) is 26.7 Å². The topological polar surface area (TPSA) is 50.4 Å². The Bertz CT molecular complexity index is 394. The van der Waals surface area contributed by atoms with Crippen molar-refractivity contribution < 1.29 is 4.42 Å². The molecule has 0 bridgehead atoms. The number of hydrogen-bond acceptors (Lipinski definition) is 4. The molecule has 5 heteroatoms. The molecule has 1 saturated heterocycles. The molecule has 2 rings (SSSR count). The summed E-state index contributed by atoms with van der Waals surface area (Å²) < 4.78 is 5.50. The molecule has 2 heterocycles. The Balaban J connectivity index is 1.95. The number of aromatic nitrogens is 1. The fourth-order valence-electron chi connectivity index (χ4n) is 1.73. The SMILES string of the molecule is CCC1CCSC(=NCc2nc(C)c(C)o2)N1. The predicted molar refractivity (Wildman–Crippen MR) is 71.4 cm³/mol. The average Bonchev–Trinajstić information content (AvgIpc) is 2.67. The largest absolute Gasteiger partial charge is 0.444 e. The summed E-state index contributed by atoms with van der Waals surface area (Å²) in [6.07, 6.45) is 2.37. The monoisotopic (exact) mass is 253 g/mol. The molecule has 0 amide bonds. The van der Waals surface area contributed by atoms with Gasteiger partial charge in [-0.2, -0.15) is 0 Å². The standard InChI is InChI=1S/C12H19N3OS/c1-4-10-5-6-17-12(15-10)13-7-11-14-8(2)9(3)16-11/h10H,4-7H2,1-3H3,(H,13,15). The molecule has 0 aliphatic carbocycles. The highest BCUT2D eigenvalue weighted by molar-refractivity contribution is 8.13. The van der Waals surface area contributed by atoms with Crippen LogP contribution >= 0.6 is 11.8 Å².